The van der Waals surface area contributed by atoms with Crippen molar-refractivity contribution < 1.29 is 23.5 Å². The average Bonchev–Trinajstić information content (AvgIpc) is 2.37. The predicted molar refractivity (Wildman–Crippen MR) is 58.3 cm³/mol. The summed E-state index contributed by atoms with van der Waals surface area (Å²) in [5.74, 6) is -2.25. The van der Waals surface area contributed by atoms with Crippen LogP contribution in [-0.2, 0) is 9.47 Å². The van der Waals surface area contributed by atoms with Crippen LogP contribution in [0.3, 0.4) is 0 Å². The topological polar surface area (TPSA) is 119 Å². The maximum absolute atomic E-state index is 12.9. The minimum atomic E-state index is -1.30. The maximum Gasteiger partial charge on any atom is 0.409 e. The Balaban J connectivity index is 2.69. The molecule has 0 radical (unpaired) electrons. The highest BCUT2D eigenvalue weighted by Gasteiger charge is 2.12. The molecule has 0 atom stereocenters. The summed E-state index contributed by atoms with van der Waals surface area (Å²) in [5.41, 5.74) is -2.34. The summed E-state index contributed by atoms with van der Waals surface area (Å²) in [6.45, 7) is -0.929. The lowest BCUT2D eigenvalue weighted by atomic mass is 10.5. The molecule has 104 valence electrons. The zero-order chi connectivity index (χ0) is 14.4. The molecule has 0 aliphatic rings. The SMILES string of the molecule is COCOC(=O)NCC(=O)n1cc(F)c(=O)[nH]c1=O. The number of aromatic nitrogens is 2. The average molecular weight is 275 g/mol. The minimum absolute atomic E-state index is 0.312. The second-order valence-corrected chi connectivity index (χ2v) is 3.19. The molecule has 0 aliphatic carbocycles. The third-order valence-electron chi connectivity index (χ3n) is 1.86. The van der Waals surface area contributed by atoms with Gasteiger partial charge in [-0.3, -0.25) is 14.6 Å². The summed E-state index contributed by atoms with van der Waals surface area (Å²) < 4.78 is 22.1. The molecule has 1 heterocycles. The van der Waals surface area contributed by atoms with Gasteiger partial charge in [-0.05, 0) is 0 Å². The number of nitrogens with one attached hydrogen (secondary N) is 2. The van der Waals surface area contributed by atoms with Crippen molar-refractivity contribution >= 4 is 12.0 Å². The normalized spacial score (nSPS) is 10.0. The Morgan fingerprint density at radius 2 is 2.16 bits per heavy atom. The second-order valence-electron chi connectivity index (χ2n) is 3.19. The Labute approximate surface area is 104 Å². The summed E-state index contributed by atoms with van der Waals surface area (Å²) in [6.07, 6.45) is -0.515. The number of ether oxygens (including phenoxy) is 2. The van der Waals surface area contributed by atoms with Crippen molar-refractivity contribution in [1.29, 1.82) is 0 Å². The molecule has 2 N–H and O–H groups in total. The zero-order valence-corrected chi connectivity index (χ0v) is 9.77. The van der Waals surface area contributed by atoms with Crippen molar-refractivity contribution in [3.05, 3.63) is 32.9 Å². The van der Waals surface area contributed by atoms with Gasteiger partial charge >= 0.3 is 11.8 Å². The van der Waals surface area contributed by atoms with Gasteiger partial charge in [0.2, 0.25) is 5.82 Å². The maximum atomic E-state index is 12.9. The fraction of sp³-hybridized carbons (Fsp3) is 0.333. The molecule has 1 amide bonds. The number of carbonyl (C=O) groups excluding carboxylic acids is 2. The molecule has 9 nitrogen and oxygen atoms in total. The van der Waals surface area contributed by atoms with Crippen LogP contribution in [0.5, 0.6) is 0 Å². The number of nitrogens with zero attached hydrogens (tertiary/aromatic N) is 1. The van der Waals surface area contributed by atoms with Gasteiger partial charge in [0.05, 0.1) is 6.20 Å². The molecule has 0 aromatic carbocycles. The molecule has 0 spiro atoms. The predicted octanol–water partition coefficient (Wildman–Crippen LogP) is -1.35. The quantitative estimate of drug-likeness (QED) is 0.655. The van der Waals surface area contributed by atoms with Crippen LogP contribution in [-0.4, -0.2) is 42.0 Å². The Bertz CT molecular complexity index is 592. The van der Waals surface area contributed by atoms with E-state index in [2.05, 4.69) is 9.47 Å². The Morgan fingerprint density at radius 1 is 1.47 bits per heavy atom. The molecular weight excluding hydrogens is 265 g/mol. The van der Waals surface area contributed by atoms with Crippen LogP contribution in [0, 0.1) is 5.82 Å². The van der Waals surface area contributed by atoms with E-state index in [1.54, 1.807) is 4.98 Å². The molecule has 0 fully saturated rings. The summed E-state index contributed by atoms with van der Waals surface area (Å²) in [7, 11) is 1.29. The molecule has 1 aromatic rings. The number of alkyl carbamates (subject to hydrolysis) is 1. The molecular formula is C9H10FN3O6. The van der Waals surface area contributed by atoms with E-state index in [9.17, 15) is 23.6 Å². The van der Waals surface area contributed by atoms with Gasteiger partial charge in [0.15, 0.2) is 6.79 Å². The van der Waals surface area contributed by atoms with Crippen LogP contribution < -0.4 is 16.6 Å². The fourth-order valence-corrected chi connectivity index (χ4v) is 1.03. The van der Waals surface area contributed by atoms with Crippen molar-refractivity contribution in [2.45, 2.75) is 0 Å². The molecule has 0 aliphatic heterocycles. The number of halogens is 1. The molecule has 1 aromatic heterocycles. The van der Waals surface area contributed by atoms with E-state index in [-0.39, 0.29) is 6.79 Å². The number of hydrogen-bond donors (Lipinski definition) is 2. The minimum Gasteiger partial charge on any atom is -0.422 e. The summed E-state index contributed by atoms with van der Waals surface area (Å²) in [4.78, 5) is 46.0. The largest absolute Gasteiger partial charge is 0.422 e. The van der Waals surface area contributed by atoms with Crippen LogP contribution in [0.4, 0.5) is 9.18 Å². The van der Waals surface area contributed by atoms with Crippen LogP contribution in [0.15, 0.2) is 15.8 Å². The van der Waals surface area contributed by atoms with E-state index in [0.29, 0.717) is 10.8 Å². The third kappa shape index (κ3) is 4.03. The summed E-state index contributed by atoms with van der Waals surface area (Å²) in [6, 6.07) is 0. The Morgan fingerprint density at radius 3 is 2.79 bits per heavy atom. The molecule has 19 heavy (non-hydrogen) atoms. The number of amides is 1. The highest BCUT2D eigenvalue weighted by Crippen LogP contribution is 1.85. The van der Waals surface area contributed by atoms with Gasteiger partial charge in [-0.25, -0.2) is 14.2 Å². The van der Waals surface area contributed by atoms with Crippen molar-refractivity contribution in [3.63, 3.8) is 0 Å². The smallest absolute Gasteiger partial charge is 0.409 e. The van der Waals surface area contributed by atoms with E-state index < -0.39 is 35.6 Å². The molecule has 0 unspecified atom stereocenters. The first-order chi connectivity index (χ1) is 8.95. The lowest BCUT2D eigenvalue weighted by Gasteiger charge is -2.06. The van der Waals surface area contributed by atoms with Crippen molar-refractivity contribution in [2.75, 3.05) is 20.4 Å². The highest BCUT2D eigenvalue weighted by atomic mass is 19.1. The van der Waals surface area contributed by atoms with Crippen molar-refractivity contribution in [3.8, 4) is 0 Å². The lowest BCUT2D eigenvalue weighted by molar-refractivity contribution is 0.0119. The number of rotatable bonds is 4. The number of hydrogen-bond acceptors (Lipinski definition) is 6. The van der Waals surface area contributed by atoms with E-state index >= 15 is 0 Å². The second kappa shape index (κ2) is 6.44. The third-order valence-corrected chi connectivity index (χ3v) is 1.86. The van der Waals surface area contributed by atoms with Gasteiger partial charge in [0, 0.05) is 7.11 Å². The van der Waals surface area contributed by atoms with E-state index in [4.69, 9.17) is 0 Å². The highest BCUT2D eigenvalue weighted by molar-refractivity contribution is 5.83. The van der Waals surface area contributed by atoms with Gasteiger partial charge in [0.25, 0.3) is 11.5 Å². The molecule has 10 heteroatoms. The molecule has 0 saturated heterocycles. The molecule has 0 bridgehead atoms. The van der Waals surface area contributed by atoms with Gasteiger partial charge < -0.3 is 14.8 Å². The van der Waals surface area contributed by atoms with E-state index in [1.165, 1.54) is 7.11 Å². The Kier molecular flexibility index (Phi) is 4.94. The summed E-state index contributed by atoms with van der Waals surface area (Å²) in [5, 5.41) is 2.01. The van der Waals surface area contributed by atoms with Crippen molar-refractivity contribution in [1.82, 2.24) is 14.9 Å². The van der Waals surface area contributed by atoms with E-state index in [1.807, 2.05) is 5.32 Å². The number of aromatic amines is 1. The number of H-pyrrole nitrogens is 1. The fourth-order valence-electron chi connectivity index (χ4n) is 1.03. The number of methoxy groups -OCH3 is 1. The van der Waals surface area contributed by atoms with Gasteiger partial charge in [-0.15, -0.1) is 0 Å². The first-order valence-corrected chi connectivity index (χ1v) is 4.90. The first kappa shape index (κ1) is 14.6. The lowest BCUT2D eigenvalue weighted by Crippen LogP contribution is -2.40. The van der Waals surface area contributed by atoms with E-state index in [0.717, 1.165) is 0 Å². The van der Waals surface area contributed by atoms with Gasteiger partial charge in [-0.2, -0.15) is 4.39 Å². The summed E-state index contributed by atoms with van der Waals surface area (Å²) >= 11 is 0. The molecule has 1 rings (SSSR count). The first-order valence-electron chi connectivity index (χ1n) is 4.90. The van der Waals surface area contributed by atoms with Gasteiger partial charge in [0.1, 0.15) is 6.54 Å². The van der Waals surface area contributed by atoms with Crippen LogP contribution >= 0.6 is 0 Å². The van der Waals surface area contributed by atoms with Gasteiger partial charge in [-0.1, -0.05) is 0 Å². The molecule has 0 saturated carbocycles. The van der Waals surface area contributed by atoms with Crippen LogP contribution in [0.1, 0.15) is 4.79 Å². The monoisotopic (exact) mass is 275 g/mol. The zero-order valence-electron chi connectivity index (χ0n) is 9.77. The van der Waals surface area contributed by atoms with Crippen molar-refractivity contribution in [2.24, 2.45) is 0 Å². The van der Waals surface area contributed by atoms with Crippen LogP contribution in [0.2, 0.25) is 0 Å². The standard InChI is InChI=1S/C9H10FN3O6/c1-18-4-19-9(17)11-2-6(14)13-3-5(10)7(15)12-8(13)16/h3H,2,4H2,1H3,(H,11,17)(H,12,15,16). The number of carbonyl (C=O) groups is 2. The Hall–Kier alpha value is -2.49. The van der Waals surface area contributed by atoms with Crippen LogP contribution in [0.25, 0.3) is 0 Å².